The van der Waals surface area contributed by atoms with E-state index in [1.165, 1.54) is 18.9 Å². The quantitative estimate of drug-likeness (QED) is 0.0617. The summed E-state index contributed by atoms with van der Waals surface area (Å²) in [5, 5.41) is 20.8. The maximum Gasteiger partial charge on any atom is 0.408 e. The van der Waals surface area contributed by atoms with Crippen molar-refractivity contribution in [2.45, 2.75) is 90.3 Å². The maximum absolute atomic E-state index is 12.4. The monoisotopic (exact) mass is 706 g/mol. The fourth-order valence-corrected chi connectivity index (χ4v) is 5.08. The van der Waals surface area contributed by atoms with Crippen molar-refractivity contribution in [2.75, 3.05) is 34.0 Å². The molecule has 0 aliphatic rings. The highest BCUT2D eigenvalue weighted by molar-refractivity contribution is 5.91. The number of hydrogen-bond donors (Lipinski definition) is 2. The zero-order valence-electron chi connectivity index (χ0n) is 30.2. The topological polar surface area (TPSA) is 160 Å². The molecular formula is C38H50N4O9. The molecule has 276 valence electrons. The largest absolute Gasteiger partial charge is 0.494 e. The molecule has 51 heavy (non-hydrogen) atoms. The molecule has 1 atom stereocenters. The molecule has 1 amide bonds. The van der Waals surface area contributed by atoms with Gasteiger partial charge in [0.25, 0.3) is 0 Å². The molecule has 0 unspecified atom stereocenters. The Kier molecular flexibility index (Phi) is 16.3. The Morgan fingerprint density at radius 3 is 1.92 bits per heavy atom. The van der Waals surface area contributed by atoms with Gasteiger partial charge in [-0.2, -0.15) is 0 Å². The second-order valence-corrected chi connectivity index (χ2v) is 13.0. The molecule has 2 N–H and O–H groups in total. The predicted octanol–water partition coefficient (Wildman–Crippen LogP) is 5.96. The van der Waals surface area contributed by atoms with Crippen LogP contribution in [0.2, 0.25) is 0 Å². The minimum Gasteiger partial charge on any atom is -0.494 e. The van der Waals surface area contributed by atoms with E-state index in [4.69, 9.17) is 30.1 Å². The smallest absolute Gasteiger partial charge is 0.408 e. The van der Waals surface area contributed by atoms with Gasteiger partial charge >= 0.3 is 18.0 Å². The Morgan fingerprint density at radius 1 is 0.843 bits per heavy atom. The van der Waals surface area contributed by atoms with E-state index in [1.54, 1.807) is 63.4 Å². The fraction of sp³-hybridized carbons (Fsp3) is 0.500. The molecule has 0 fully saturated rings. The van der Waals surface area contributed by atoms with Crippen molar-refractivity contribution in [3.8, 4) is 35.1 Å². The lowest BCUT2D eigenvalue weighted by Gasteiger charge is -2.22. The van der Waals surface area contributed by atoms with Gasteiger partial charge in [0.2, 0.25) is 0 Å². The number of carbonyl (C=O) groups excluding carboxylic acids is 3. The molecule has 13 heteroatoms. The summed E-state index contributed by atoms with van der Waals surface area (Å²) in [6, 6.07) is 9.42. The van der Waals surface area contributed by atoms with Gasteiger partial charge in [0.15, 0.2) is 0 Å². The van der Waals surface area contributed by atoms with Crippen molar-refractivity contribution in [2.24, 2.45) is 0 Å². The van der Waals surface area contributed by atoms with E-state index in [-0.39, 0.29) is 13.2 Å². The molecule has 0 aliphatic carbocycles. The lowest BCUT2D eigenvalue weighted by Crippen LogP contribution is -2.43. The number of amides is 1. The SMILES string of the molecule is C#Cc1cc(OCCCCCCCCCCOc2cc(C(=O)OC)cc(-c3cn(C[C@H](CO)NC(=O)OC(C)(C)C)nn3)c2)cc(C(=O)OC)c1. The first-order chi connectivity index (χ1) is 24.4. The highest BCUT2D eigenvalue weighted by Crippen LogP contribution is 2.26. The van der Waals surface area contributed by atoms with Gasteiger partial charge in [0.1, 0.15) is 22.8 Å². The van der Waals surface area contributed by atoms with Crippen molar-refractivity contribution >= 4 is 18.0 Å². The molecule has 1 heterocycles. The van der Waals surface area contributed by atoms with Crippen LogP contribution in [0.25, 0.3) is 11.3 Å². The number of nitrogens with one attached hydrogen (secondary N) is 1. The Labute approximate surface area is 299 Å². The molecule has 0 bridgehead atoms. The number of aromatic nitrogens is 3. The molecule has 0 spiro atoms. The predicted molar refractivity (Wildman–Crippen MR) is 191 cm³/mol. The van der Waals surface area contributed by atoms with Crippen LogP contribution < -0.4 is 14.8 Å². The van der Waals surface area contributed by atoms with Gasteiger partial charge in [0.05, 0.1) is 64.0 Å². The van der Waals surface area contributed by atoms with Crippen LogP contribution in [0.1, 0.15) is 98.4 Å². The average Bonchev–Trinajstić information content (AvgIpc) is 3.58. The third-order valence-corrected chi connectivity index (χ3v) is 7.58. The number of aliphatic hydroxyl groups is 1. The summed E-state index contributed by atoms with van der Waals surface area (Å²) in [5.41, 5.74) is 1.68. The second kappa shape index (κ2) is 20.6. The van der Waals surface area contributed by atoms with Gasteiger partial charge in [-0.3, -0.25) is 0 Å². The van der Waals surface area contributed by atoms with Crippen molar-refractivity contribution in [1.82, 2.24) is 20.3 Å². The van der Waals surface area contributed by atoms with Gasteiger partial charge < -0.3 is 34.1 Å². The summed E-state index contributed by atoms with van der Waals surface area (Å²) in [7, 11) is 2.64. The number of terminal acetylenes is 1. The molecule has 3 rings (SSSR count). The molecule has 2 aromatic carbocycles. The second-order valence-electron chi connectivity index (χ2n) is 13.0. The van der Waals surface area contributed by atoms with E-state index in [2.05, 4.69) is 21.5 Å². The Balaban J connectivity index is 1.39. The number of hydrogen-bond acceptors (Lipinski definition) is 11. The zero-order chi connectivity index (χ0) is 37.2. The number of nitrogens with zero attached hydrogens (tertiary/aromatic N) is 3. The van der Waals surface area contributed by atoms with Crippen LogP contribution in [0, 0.1) is 12.3 Å². The Hall–Kier alpha value is -5.09. The number of alkyl carbamates (subject to hydrolysis) is 1. The molecule has 0 saturated heterocycles. The highest BCUT2D eigenvalue weighted by Gasteiger charge is 2.20. The van der Waals surface area contributed by atoms with Gasteiger partial charge in [-0.15, -0.1) is 11.5 Å². The van der Waals surface area contributed by atoms with Gasteiger partial charge in [-0.1, -0.05) is 49.7 Å². The van der Waals surface area contributed by atoms with Crippen LogP contribution in [-0.2, 0) is 20.8 Å². The van der Waals surface area contributed by atoms with Gasteiger partial charge in [-0.05, 0) is 70.0 Å². The van der Waals surface area contributed by atoms with Crippen LogP contribution in [0.4, 0.5) is 4.79 Å². The van der Waals surface area contributed by atoms with Crippen LogP contribution in [0.15, 0.2) is 42.6 Å². The minimum absolute atomic E-state index is 0.153. The van der Waals surface area contributed by atoms with Crippen LogP contribution in [0.3, 0.4) is 0 Å². The standard InChI is InChI=1S/C38H50N4O9/c1-7-27-18-29(35(44)47-5)22-32(19-27)49-16-14-12-10-8-9-11-13-15-17-50-33-21-28(20-30(23-33)36(45)48-6)34-25-42(41-40-34)24-31(26-43)39-37(46)51-38(2,3)4/h1,18-23,25,31,43H,8-17,24,26H2,2-6H3,(H,39,46)/t31-/m1/s1. The van der Waals surface area contributed by atoms with Crippen LogP contribution >= 0.6 is 0 Å². The van der Waals surface area contributed by atoms with Gasteiger partial charge in [-0.25, -0.2) is 19.1 Å². The number of aliphatic hydroxyl groups excluding tert-OH is 1. The first kappa shape index (κ1) is 40.3. The summed E-state index contributed by atoms with van der Waals surface area (Å²) < 4.78 is 28.3. The number of rotatable bonds is 20. The first-order valence-corrected chi connectivity index (χ1v) is 17.1. The highest BCUT2D eigenvalue weighted by atomic mass is 16.6. The summed E-state index contributed by atoms with van der Waals surface area (Å²) in [5.74, 6) is 2.65. The van der Waals surface area contributed by atoms with E-state index in [0.29, 0.717) is 52.7 Å². The molecule has 0 radical (unpaired) electrons. The van der Waals surface area contributed by atoms with Crippen LogP contribution in [0.5, 0.6) is 11.5 Å². The van der Waals surface area contributed by atoms with Gasteiger partial charge in [0, 0.05) is 11.1 Å². The summed E-state index contributed by atoms with van der Waals surface area (Å²) in [4.78, 5) is 36.4. The average molecular weight is 707 g/mol. The third-order valence-electron chi connectivity index (χ3n) is 7.58. The Bertz CT molecular complexity index is 1620. The number of carbonyl (C=O) groups is 3. The number of unbranched alkanes of at least 4 members (excludes halogenated alkanes) is 7. The lowest BCUT2D eigenvalue weighted by atomic mass is 10.1. The third kappa shape index (κ3) is 14.4. The molecule has 0 saturated carbocycles. The minimum atomic E-state index is -0.673. The summed E-state index contributed by atoms with van der Waals surface area (Å²) in [6.07, 6.45) is 14.8. The summed E-state index contributed by atoms with van der Waals surface area (Å²) in [6.45, 7) is 6.12. The molecule has 1 aromatic heterocycles. The van der Waals surface area contributed by atoms with E-state index in [9.17, 15) is 19.5 Å². The van der Waals surface area contributed by atoms with Crippen molar-refractivity contribution in [1.29, 1.82) is 0 Å². The number of ether oxygens (including phenoxy) is 5. The summed E-state index contributed by atoms with van der Waals surface area (Å²) >= 11 is 0. The van der Waals surface area contributed by atoms with Crippen molar-refractivity contribution in [3.63, 3.8) is 0 Å². The van der Waals surface area contributed by atoms with Crippen molar-refractivity contribution in [3.05, 3.63) is 59.3 Å². The zero-order valence-corrected chi connectivity index (χ0v) is 30.2. The molecular weight excluding hydrogens is 656 g/mol. The molecule has 0 aliphatic heterocycles. The Morgan fingerprint density at radius 2 is 1.39 bits per heavy atom. The lowest BCUT2D eigenvalue weighted by molar-refractivity contribution is 0.0472. The first-order valence-electron chi connectivity index (χ1n) is 17.1. The van der Waals surface area contributed by atoms with E-state index < -0.39 is 29.7 Å². The molecule has 13 nitrogen and oxygen atoms in total. The normalized spacial score (nSPS) is 11.6. The number of methoxy groups -OCH3 is 2. The number of benzene rings is 2. The number of esters is 2. The van der Waals surface area contributed by atoms with Crippen LogP contribution in [-0.4, -0.2) is 83.8 Å². The fourth-order valence-electron chi connectivity index (χ4n) is 5.08. The van der Waals surface area contributed by atoms with E-state index >= 15 is 0 Å². The van der Waals surface area contributed by atoms with E-state index in [1.807, 2.05) is 0 Å². The van der Waals surface area contributed by atoms with Crippen molar-refractivity contribution < 1.29 is 43.2 Å². The van der Waals surface area contributed by atoms with E-state index in [0.717, 1.165) is 51.4 Å². The molecule has 3 aromatic rings. The maximum atomic E-state index is 12.4.